The first-order valence-electron chi connectivity index (χ1n) is 12.2. The molecule has 2 aromatic rings. The van der Waals surface area contributed by atoms with Gasteiger partial charge in [0.25, 0.3) is 11.8 Å². The zero-order valence-corrected chi connectivity index (χ0v) is 21.4. The molecular weight excluding hydrogens is 508 g/mol. The summed E-state index contributed by atoms with van der Waals surface area (Å²) in [6.07, 6.45) is 8.13. The first kappa shape index (κ1) is 23.9. The second-order valence-corrected chi connectivity index (χ2v) is 14.2. The number of hydrogen-bond donors (Lipinski definition) is 0. The third-order valence-corrected chi connectivity index (χ3v) is 11.9. The van der Waals surface area contributed by atoms with Crippen molar-refractivity contribution in [3.63, 3.8) is 0 Å². The molecule has 4 fully saturated rings. The highest BCUT2D eigenvalue weighted by molar-refractivity contribution is 7.92. The zero-order chi connectivity index (χ0) is 25.1. The highest BCUT2D eigenvalue weighted by Crippen LogP contribution is 2.45. The molecule has 2 aromatic heterocycles. The van der Waals surface area contributed by atoms with Gasteiger partial charge in [0.2, 0.25) is 15.8 Å². The second kappa shape index (κ2) is 8.80. The largest absolute Gasteiger partial charge is 0.487 e. The van der Waals surface area contributed by atoms with Gasteiger partial charge in [0.1, 0.15) is 18.2 Å². The normalized spacial score (nSPS) is 26.5. The van der Waals surface area contributed by atoms with E-state index in [1.165, 1.54) is 31.8 Å². The van der Waals surface area contributed by atoms with Gasteiger partial charge in [0, 0.05) is 24.9 Å². The maximum atomic E-state index is 12.9. The van der Waals surface area contributed by atoms with E-state index in [9.17, 15) is 16.8 Å². The van der Waals surface area contributed by atoms with Crippen molar-refractivity contribution in [2.45, 2.75) is 85.1 Å². The fourth-order valence-corrected chi connectivity index (χ4v) is 9.07. The molecular formula is C23H28N4O7S2. The van der Waals surface area contributed by atoms with Crippen LogP contribution in [-0.2, 0) is 19.9 Å². The molecule has 36 heavy (non-hydrogen) atoms. The molecule has 2 aliphatic heterocycles. The molecule has 0 radical (unpaired) electrons. The van der Waals surface area contributed by atoms with E-state index in [1.54, 1.807) is 4.31 Å². The molecule has 4 aliphatic rings. The summed E-state index contributed by atoms with van der Waals surface area (Å²) in [7, 11) is -5.16. The minimum Gasteiger partial charge on any atom is -0.487 e. The highest BCUT2D eigenvalue weighted by Gasteiger charge is 2.52. The molecule has 6 rings (SSSR count). The quantitative estimate of drug-likeness (QED) is 0.470. The van der Waals surface area contributed by atoms with Crippen molar-refractivity contribution >= 4 is 19.9 Å². The molecule has 0 spiro atoms. The molecule has 2 aliphatic carbocycles. The van der Waals surface area contributed by atoms with Gasteiger partial charge in [-0.2, -0.15) is 14.3 Å². The molecule has 2 bridgehead atoms. The summed E-state index contributed by atoms with van der Waals surface area (Å²) in [6.45, 7) is 0. The van der Waals surface area contributed by atoms with Gasteiger partial charge in [-0.25, -0.2) is 21.8 Å². The van der Waals surface area contributed by atoms with Gasteiger partial charge in [-0.3, -0.25) is 0 Å². The standard InChI is InChI=1S/C23H28N4O7S2/c1-32-21-22(33-16-4-9-20(24-12-16)35(28,29)18-5-6-18)25-13-26-23(21)34-17-10-14-2-3-15(11-17)27(14)36(30,31)19-7-8-19/h4,9,12-15,17-19H,2-3,5-8,10-11H2,1H3/t14-,15?,17+/m0/s1. The van der Waals surface area contributed by atoms with Crippen molar-refractivity contribution in [1.29, 1.82) is 0 Å². The van der Waals surface area contributed by atoms with Gasteiger partial charge in [0.15, 0.2) is 14.9 Å². The summed E-state index contributed by atoms with van der Waals surface area (Å²) in [5.41, 5.74) is 0. The number of fused-ring (bicyclic) bond motifs is 2. The summed E-state index contributed by atoms with van der Waals surface area (Å²) in [5, 5.41) is -0.521. The smallest absolute Gasteiger partial charge is 0.269 e. The Labute approximate surface area is 210 Å². The Kier molecular flexibility index (Phi) is 5.84. The van der Waals surface area contributed by atoms with Gasteiger partial charge < -0.3 is 14.2 Å². The summed E-state index contributed by atoms with van der Waals surface area (Å²) in [4.78, 5) is 12.4. The number of sulfonamides is 1. The number of aromatic nitrogens is 3. The number of methoxy groups -OCH3 is 1. The number of rotatable bonds is 9. The van der Waals surface area contributed by atoms with Crippen LogP contribution in [0.4, 0.5) is 0 Å². The van der Waals surface area contributed by atoms with Crippen molar-refractivity contribution in [2.75, 3.05) is 7.11 Å². The molecule has 2 saturated heterocycles. The van der Waals surface area contributed by atoms with E-state index < -0.39 is 19.9 Å². The van der Waals surface area contributed by atoms with Gasteiger partial charge in [0.05, 0.1) is 23.8 Å². The van der Waals surface area contributed by atoms with Crippen LogP contribution >= 0.6 is 0 Å². The summed E-state index contributed by atoms with van der Waals surface area (Å²) < 4.78 is 69.8. The average Bonchev–Trinajstić information content (AvgIpc) is 3.76. The molecule has 3 atom stereocenters. The van der Waals surface area contributed by atoms with Crippen LogP contribution in [0.3, 0.4) is 0 Å². The predicted octanol–water partition coefficient (Wildman–Crippen LogP) is 2.48. The van der Waals surface area contributed by atoms with Gasteiger partial charge in [-0.05, 0) is 50.7 Å². The Hall–Kier alpha value is -2.51. The molecule has 194 valence electrons. The van der Waals surface area contributed by atoms with Crippen molar-refractivity contribution in [3.05, 3.63) is 24.7 Å². The second-order valence-electron chi connectivity index (χ2n) is 9.87. The molecule has 2 saturated carbocycles. The van der Waals surface area contributed by atoms with Crippen LogP contribution in [0.5, 0.6) is 23.3 Å². The number of piperidine rings is 1. The lowest BCUT2D eigenvalue weighted by molar-refractivity contribution is 0.0881. The third-order valence-electron chi connectivity index (χ3n) is 7.26. The van der Waals surface area contributed by atoms with Crippen molar-refractivity contribution < 1.29 is 31.0 Å². The van der Waals surface area contributed by atoms with Crippen LogP contribution in [0.25, 0.3) is 0 Å². The van der Waals surface area contributed by atoms with E-state index in [2.05, 4.69) is 15.0 Å². The Morgan fingerprint density at radius 2 is 1.53 bits per heavy atom. The van der Waals surface area contributed by atoms with Crippen LogP contribution in [-0.4, -0.2) is 71.9 Å². The van der Waals surface area contributed by atoms with Crippen LogP contribution in [0.2, 0.25) is 0 Å². The molecule has 1 unspecified atom stereocenters. The topological polar surface area (TPSA) is 138 Å². The van der Waals surface area contributed by atoms with Gasteiger partial charge >= 0.3 is 0 Å². The number of sulfone groups is 1. The molecule has 4 heterocycles. The Bertz CT molecular complexity index is 1350. The highest BCUT2D eigenvalue weighted by atomic mass is 32.2. The zero-order valence-electron chi connectivity index (χ0n) is 19.8. The van der Waals surface area contributed by atoms with E-state index in [4.69, 9.17) is 14.2 Å². The molecule has 0 aromatic carbocycles. The lowest BCUT2D eigenvalue weighted by Gasteiger charge is -2.37. The predicted molar refractivity (Wildman–Crippen MR) is 127 cm³/mol. The van der Waals surface area contributed by atoms with E-state index in [-0.39, 0.29) is 51.2 Å². The molecule has 11 nitrogen and oxygen atoms in total. The van der Waals surface area contributed by atoms with Crippen molar-refractivity contribution in [1.82, 2.24) is 19.3 Å². The van der Waals surface area contributed by atoms with Crippen LogP contribution in [0.15, 0.2) is 29.7 Å². The maximum absolute atomic E-state index is 12.9. The Morgan fingerprint density at radius 1 is 0.861 bits per heavy atom. The molecule has 13 heteroatoms. The summed E-state index contributed by atoms with van der Waals surface area (Å²) >= 11 is 0. The fraction of sp³-hybridized carbons (Fsp3) is 0.609. The number of pyridine rings is 1. The monoisotopic (exact) mass is 536 g/mol. The molecule has 0 amide bonds. The van der Waals surface area contributed by atoms with E-state index in [1.807, 2.05) is 0 Å². The van der Waals surface area contributed by atoms with E-state index in [0.717, 1.165) is 25.7 Å². The fourth-order valence-electron chi connectivity index (χ4n) is 5.22. The van der Waals surface area contributed by atoms with Gasteiger partial charge in [-0.1, -0.05) is 0 Å². The summed E-state index contributed by atoms with van der Waals surface area (Å²) in [5.74, 6) is 0.821. The number of nitrogens with zero attached hydrogens (tertiary/aromatic N) is 4. The third kappa shape index (κ3) is 4.30. The van der Waals surface area contributed by atoms with Crippen molar-refractivity contribution in [3.8, 4) is 23.3 Å². The lowest BCUT2D eigenvalue weighted by atomic mass is 10.0. The SMILES string of the molecule is COc1c(Oc2ccc(S(=O)(=O)C3CC3)nc2)ncnc1O[C@H]1CC2CC[C@@H](C1)N2S(=O)(=O)C1CC1. The van der Waals surface area contributed by atoms with E-state index >= 15 is 0 Å². The maximum Gasteiger partial charge on any atom is 0.269 e. The number of hydrogen-bond acceptors (Lipinski definition) is 10. The Balaban J connectivity index is 1.16. The van der Waals surface area contributed by atoms with Crippen molar-refractivity contribution in [2.24, 2.45) is 0 Å². The Morgan fingerprint density at radius 3 is 2.11 bits per heavy atom. The van der Waals surface area contributed by atoms with E-state index in [0.29, 0.717) is 31.4 Å². The lowest BCUT2D eigenvalue weighted by Crippen LogP contribution is -2.50. The minimum absolute atomic E-state index is 0.0284. The first-order valence-corrected chi connectivity index (χ1v) is 15.3. The first-order chi connectivity index (χ1) is 17.3. The van der Waals surface area contributed by atoms with Crippen LogP contribution in [0.1, 0.15) is 51.4 Å². The average molecular weight is 537 g/mol. The van der Waals surface area contributed by atoms with Gasteiger partial charge in [-0.15, -0.1) is 0 Å². The minimum atomic E-state index is -3.39. The number of ether oxygens (including phenoxy) is 3. The molecule has 0 N–H and O–H groups in total. The van der Waals surface area contributed by atoms with Crippen LogP contribution in [0, 0.1) is 0 Å². The van der Waals surface area contributed by atoms with Crippen LogP contribution < -0.4 is 14.2 Å². The summed E-state index contributed by atoms with van der Waals surface area (Å²) in [6, 6.07) is 2.84.